The Hall–Kier alpha value is -0.790. The first-order valence-electron chi connectivity index (χ1n) is 5.51. The zero-order valence-electron chi connectivity index (χ0n) is 8.92. The molecule has 2 nitrogen and oxygen atoms in total. The standard InChI is InChI=1S/C12H18O2/c1-7-5-9-4-3-8(2)12(14)11(9)10(13)6-7/h7,9,11,14H,3-6H2,1-2H3/t7-,9?,11-/m0/s1. The topological polar surface area (TPSA) is 37.3 Å². The number of Topliss-reactive ketones (excluding diaryl/α,β-unsaturated/α-hetero) is 1. The van der Waals surface area contributed by atoms with Crippen molar-refractivity contribution >= 4 is 5.78 Å². The van der Waals surface area contributed by atoms with Gasteiger partial charge >= 0.3 is 0 Å². The van der Waals surface area contributed by atoms with Gasteiger partial charge in [-0.15, -0.1) is 0 Å². The number of allylic oxidation sites excluding steroid dienone is 2. The first-order chi connectivity index (χ1) is 6.59. The van der Waals surface area contributed by atoms with E-state index in [0.717, 1.165) is 24.8 Å². The average Bonchev–Trinajstić information content (AvgIpc) is 2.10. The van der Waals surface area contributed by atoms with Crippen LogP contribution in [-0.4, -0.2) is 10.9 Å². The van der Waals surface area contributed by atoms with Crippen LogP contribution in [0.1, 0.15) is 39.5 Å². The Morgan fingerprint density at radius 1 is 1.43 bits per heavy atom. The van der Waals surface area contributed by atoms with Gasteiger partial charge in [-0.25, -0.2) is 0 Å². The summed E-state index contributed by atoms with van der Waals surface area (Å²) in [6.07, 6.45) is 3.80. The number of ketones is 1. The maximum atomic E-state index is 11.8. The molecule has 2 aliphatic rings. The number of carbonyl (C=O) groups is 1. The highest BCUT2D eigenvalue weighted by Crippen LogP contribution is 2.42. The van der Waals surface area contributed by atoms with E-state index in [2.05, 4.69) is 6.92 Å². The van der Waals surface area contributed by atoms with Crippen LogP contribution in [0, 0.1) is 17.8 Å². The van der Waals surface area contributed by atoms with Gasteiger partial charge in [0.2, 0.25) is 0 Å². The van der Waals surface area contributed by atoms with Gasteiger partial charge in [-0.05, 0) is 43.6 Å². The highest BCUT2D eigenvalue weighted by atomic mass is 16.3. The molecule has 0 spiro atoms. The van der Waals surface area contributed by atoms with Gasteiger partial charge in [-0.1, -0.05) is 6.92 Å². The van der Waals surface area contributed by atoms with Crippen molar-refractivity contribution in [2.75, 3.05) is 0 Å². The Kier molecular flexibility index (Phi) is 2.38. The second-order valence-electron chi connectivity index (χ2n) is 4.95. The van der Waals surface area contributed by atoms with E-state index in [4.69, 9.17) is 0 Å². The SMILES string of the molecule is CC1=C(O)[C@@H]2C(=O)C[C@@H](C)CC2CC1. The van der Waals surface area contributed by atoms with E-state index in [1.54, 1.807) is 0 Å². The van der Waals surface area contributed by atoms with Crippen molar-refractivity contribution in [3.05, 3.63) is 11.3 Å². The molecule has 78 valence electrons. The molecule has 2 rings (SSSR count). The molecule has 14 heavy (non-hydrogen) atoms. The van der Waals surface area contributed by atoms with E-state index in [0.29, 0.717) is 24.0 Å². The number of hydrogen-bond acceptors (Lipinski definition) is 2. The summed E-state index contributed by atoms with van der Waals surface area (Å²) >= 11 is 0. The molecule has 0 bridgehead atoms. The highest BCUT2D eigenvalue weighted by Gasteiger charge is 2.40. The molecule has 0 aliphatic heterocycles. The second kappa shape index (κ2) is 3.41. The van der Waals surface area contributed by atoms with Crippen molar-refractivity contribution in [3.8, 4) is 0 Å². The normalized spacial score (nSPS) is 38.4. The molecule has 1 unspecified atom stereocenters. The number of hydrogen-bond donors (Lipinski definition) is 1. The molecular weight excluding hydrogens is 176 g/mol. The van der Waals surface area contributed by atoms with Crippen molar-refractivity contribution in [1.82, 2.24) is 0 Å². The van der Waals surface area contributed by atoms with Gasteiger partial charge in [0.1, 0.15) is 11.5 Å². The molecule has 2 aliphatic carbocycles. The smallest absolute Gasteiger partial charge is 0.144 e. The number of rotatable bonds is 0. The number of aliphatic hydroxyl groups excluding tert-OH is 1. The molecule has 0 aromatic heterocycles. The third-order valence-corrected chi connectivity index (χ3v) is 3.70. The van der Waals surface area contributed by atoms with Crippen LogP contribution in [0.25, 0.3) is 0 Å². The van der Waals surface area contributed by atoms with Crippen molar-refractivity contribution < 1.29 is 9.90 Å². The van der Waals surface area contributed by atoms with Gasteiger partial charge in [0.15, 0.2) is 0 Å². The summed E-state index contributed by atoms with van der Waals surface area (Å²) in [5.41, 5.74) is 1.02. The monoisotopic (exact) mass is 194 g/mol. The van der Waals surface area contributed by atoms with E-state index in [9.17, 15) is 9.90 Å². The lowest BCUT2D eigenvalue weighted by molar-refractivity contribution is -0.128. The number of aliphatic hydroxyl groups is 1. The quantitative estimate of drug-likeness (QED) is 0.643. The van der Waals surface area contributed by atoms with Gasteiger partial charge < -0.3 is 5.11 Å². The summed E-state index contributed by atoms with van der Waals surface area (Å²) in [7, 11) is 0. The van der Waals surface area contributed by atoms with Crippen molar-refractivity contribution in [2.24, 2.45) is 17.8 Å². The van der Waals surface area contributed by atoms with E-state index in [1.807, 2.05) is 6.92 Å². The third-order valence-electron chi connectivity index (χ3n) is 3.70. The van der Waals surface area contributed by atoms with Crippen LogP contribution in [0.2, 0.25) is 0 Å². The van der Waals surface area contributed by atoms with Gasteiger partial charge in [0, 0.05) is 6.42 Å². The summed E-state index contributed by atoms with van der Waals surface area (Å²) in [5.74, 6) is 1.41. The molecule has 0 saturated heterocycles. The van der Waals surface area contributed by atoms with Crippen molar-refractivity contribution in [1.29, 1.82) is 0 Å². The van der Waals surface area contributed by atoms with Crippen LogP contribution >= 0.6 is 0 Å². The zero-order valence-corrected chi connectivity index (χ0v) is 8.92. The Labute approximate surface area is 85.0 Å². The van der Waals surface area contributed by atoms with Gasteiger partial charge in [0.05, 0.1) is 5.92 Å². The van der Waals surface area contributed by atoms with Gasteiger partial charge in [0.25, 0.3) is 0 Å². The lowest BCUT2D eigenvalue weighted by Crippen LogP contribution is -2.36. The Morgan fingerprint density at radius 2 is 2.14 bits per heavy atom. The van der Waals surface area contributed by atoms with Crippen LogP contribution in [0.15, 0.2) is 11.3 Å². The average molecular weight is 194 g/mol. The fourth-order valence-electron chi connectivity index (χ4n) is 2.93. The van der Waals surface area contributed by atoms with Crippen LogP contribution < -0.4 is 0 Å². The molecule has 3 atom stereocenters. The first kappa shape index (κ1) is 9.75. The van der Waals surface area contributed by atoms with E-state index in [-0.39, 0.29) is 11.7 Å². The lowest BCUT2D eigenvalue weighted by Gasteiger charge is -2.37. The molecule has 0 aromatic rings. The minimum absolute atomic E-state index is 0.153. The maximum Gasteiger partial charge on any atom is 0.144 e. The Morgan fingerprint density at radius 3 is 2.86 bits per heavy atom. The summed E-state index contributed by atoms with van der Waals surface area (Å²) in [5, 5.41) is 9.89. The third kappa shape index (κ3) is 1.47. The molecule has 0 heterocycles. The van der Waals surface area contributed by atoms with Crippen molar-refractivity contribution in [2.45, 2.75) is 39.5 Å². The molecule has 0 amide bonds. The van der Waals surface area contributed by atoms with Crippen LogP contribution in [0.4, 0.5) is 0 Å². The molecule has 0 radical (unpaired) electrons. The maximum absolute atomic E-state index is 11.8. The first-order valence-corrected chi connectivity index (χ1v) is 5.51. The second-order valence-corrected chi connectivity index (χ2v) is 4.95. The molecule has 1 fully saturated rings. The molecule has 2 heteroatoms. The van der Waals surface area contributed by atoms with E-state index in [1.165, 1.54) is 0 Å². The number of fused-ring (bicyclic) bond motifs is 1. The van der Waals surface area contributed by atoms with Crippen molar-refractivity contribution in [3.63, 3.8) is 0 Å². The molecular formula is C12H18O2. The lowest BCUT2D eigenvalue weighted by atomic mass is 9.67. The van der Waals surface area contributed by atoms with Gasteiger partial charge in [-0.2, -0.15) is 0 Å². The van der Waals surface area contributed by atoms with Crippen LogP contribution in [0.5, 0.6) is 0 Å². The van der Waals surface area contributed by atoms with Gasteiger partial charge in [-0.3, -0.25) is 4.79 Å². The Balaban J connectivity index is 2.27. The predicted octanol–water partition coefficient (Wildman–Crippen LogP) is 2.84. The summed E-state index contributed by atoms with van der Waals surface area (Å²) in [4.78, 5) is 11.8. The molecule has 1 N–H and O–H groups in total. The summed E-state index contributed by atoms with van der Waals surface area (Å²) < 4.78 is 0. The minimum Gasteiger partial charge on any atom is -0.512 e. The van der Waals surface area contributed by atoms with E-state index < -0.39 is 0 Å². The van der Waals surface area contributed by atoms with E-state index >= 15 is 0 Å². The number of carbonyl (C=O) groups excluding carboxylic acids is 1. The molecule has 1 saturated carbocycles. The highest BCUT2D eigenvalue weighted by molar-refractivity contribution is 5.84. The summed E-state index contributed by atoms with van der Waals surface area (Å²) in [6, 6.07) is 0. The summed E-state index contributed by atoms with van der Waals surface area (Å²) in [6.45, 7) is 4.08. The molecule has 0 aromatic carbocycles. The Bertz CT molecular complexity index is 291. The van der Waals surface area contributed by atoms with Crippen LogP contribution in [0.3, 0.4) is 0 Å². The van der Waals surface area contributed by atoms with Crippen LogP contribution in [-0.2, 0) is 4.79 Å². The zero-order chi connectivity index (χ0) is 10.3. The fraction of sp³-hybridized carbons (Fsp3) is 0.750. The predicted molar refractivity (Wildman–Crippen MR) is 54.9 cm³/mol. The fourth-order valence-corrected chi connectivity index (χ4v) is 2.93. The minimum atomic E-state index is -0.153. The largest absolute Gasteiger partial charge is 0.512 e.